The highest BCUT2D eigenvalue weighted by molar-refractivity contribution is 5.90. The van der Waals surface area contributed by atoms with E-state index in [0.29, 0.717) is 29.2 Å². The van der Waals surface area contributed by atoms with Crippen LogP contribution < -0.4 is 5.32 Å². The molecule has 1 aromatic carbocycles. The van der Waals surface area contributed by atoms with Gasteiger partial charge in [-0.2, -0.15) is 10.4 Å². The van der Waals surface area contributed by atoms with Crippen LogP contribution in [0.2, 0.25) is 0 Å². The zero-order valence-corrected chi connectivity index (χ0v) is 17.6. The third kappa shape index (κ3) is 4.03. The van der Waals surface area contributed by atoms with Gasteiger partial charge in [0.15, 0.2) is 5.65 Å². The van der Waals surface area contributed by atoms with Crippen molar-refractivity contribution < 1.29 is 9.32 Å². The van der Waals surface area contributed by atoms with E-state index < -0.39 is 0 Å². The van der Waals surface area contributed by atoms with Gasteiger partial charge in [-0.1, -0.05) is 36.3 Å². The minimum atomic E-state index is -0.180. The van der Waals surface area contributed by atoms with Crippen molar-refractivity contribution >= 4 is 17.4 Å². The SMILES string of the molecule is CCc1ccc(-c2cc(NC(=O)CCc3c(C)nc4c(C#N)cnn4c3C)on2)cc1. The molecular formula is C23H22N6O2. The average Bonchev–Trinajstić information content (AvgIpc) is 3.40. The van der Waals surface area contributed by atoms with Crippen molar-refractivity contribution in [3.05, 3.63) is 64.6 Å². The number of nitrogens with zero attached hydrogens (tertiary/aromatic N) is 5. The van der Waals surface area contributed by atoms with Crippen LogP contribution in [0.15, 0.2) is 41.1 Å². The van der Waals surface area contributed by atoms with Crippen molar-refractivity contribution in [2.45, 2.75) is 40.0 Å². The van der Waals surface area contributed by atoms with Crippen LogP contribution >= 0.6 is 0 Å². The first-order valence-electron chi connectivity index (χ1n) is 10.1. The fourth-order valence-electron chi connectivity index (χ4n) is 3.57. The summed E-state index contributed by atoms with van der Waals surface area (Å²) in [4.78, 5) is 17.0. The molecule has 3 heterocycles. The van der Waals surface area contributed by atoms with E-state index in [4.69, 9.17) is 4.52 Å². The number of benzene rings is 1. The van der Waals surface area contributed by atoms with E-state index in [1.807, 2.05) is 26.0 Å². The van der Waals surface area contributed by atoms with Crippen molar-refractivity contribution in [2.75, 3.05) is 5.32 Å². The van der Waals surface area contributed by atoms with Gasteiger partial charge in [0.1, 0.15) is 17.3 Å². The van der Waals surface area contributed by atoms with Crippen molar-refractivity contribution in [1.29, 1.82) is 5.26 Å². The van der Waals surface area contributed by atoms with Crippen LogP contribution in [0.25, 0.3) is 16.9 Å². The molecule has 0 aliphatic heterocycles. The summed E-state index contributed by atoms with van der Waals surface area (Å²) >= 11 is 0. The molecule has 0 spiro atoms. The van der Waals surface area contributed by atoms with Gasteiger partial charge in [-0.25, -0.2) is 9.50 Å². The van der Waals surface area contributed by atoms with E-state index in [2.05, 4.69) is 45.7 Å². The molecule has 0 aliphatic rings. The summed E-state index contributed by atoms with van der Waals surface area (Å²) in [7, 11) is 0. The van der Waals surface area contributed by atoms with E-state index >= 15 is 0 Å². The maximum Gasteiger partial charge on any atom is 0.231 e. The summed E-state index contributed by atoms with van der Waals surface area (Å²) in [5, 5.41) is 20.2. The molecule has 3 aromatic heterocycles. The topological polar surface area (TPSA) is 109 Å². The number of fused-ring (bicyclic) bond motifs is 1. The Morgan fingerprint density at radius 1 is 1.26 bits per heavy atom. The van der Waals surface area contributed by atoms with E-state index in [0.717, 1.165) is 28.9 Å². The molecule has 0 atom stereocenters. The van der Waals surface area contributed by atoms with Crippen LogP contribution in [-0.2, 0) is 17.6 Å². The monoisotopic (exact) mass is 414 g/mol. The molecule has 1 N–H and O–H groups in total. The number of hydrogen-bond donors (Lipinski definition) is 1. The fourth-order valence-corrected chi connectivity index (χ4v) is 3.57. The number of hydrogen-bond acceptors (Lipinski definition) is 6. The lowest BCUT2D eigenvalue weighted by molar-refractivity contribution is -0.116. The molecule has 8 nitrogen and oxygen atoms in total. The van der Waals surface area contributed by atoms with Crippen LogP contribution in [0.4, 0.5) is 5.88 Å². The van der Waals surface area contributed by atoms with Gasteiger partial charge in [0.05, 0.1) is 6.20 Å². The summed E-state index contributed by atoms with van der Waals surface area (Å²) in [6, 6.07) is 11.9. The van der Waals surface area contributed by atoms with Crippen molar-refractivity contribution in [3.8, 4) is 17.3 Å². The van der Waals surface area contributed by atoms with E-state index in [1.54, 1.807) is 10.6 Å². The molecule has 1 amide bonds. The second-order valence-electron chi connectivity index (χ2n) is 7.34. The van der Waals surface area contributed by atoms with E-state index in [9.17, 15) is 10.1 Å². The van der Waals surface area contributed by atoms with Gasteiger partial charge in [-0.15, -0.1) is 0 Å². The standard InChI is InChI=1S/C23H22N6O2/c1-4-16-5-7-17(8-6-16)20-11-22(31-28-20)27-21(30)10-9-19-14(2)26-23-18(12-24)13-25-29(23)15(19)3/h5-8,11,13H,4,9-10H2,1-3H3,(H,27,30). The van der Waals surface area contributed by atoms with Crippen LogP contribution in [0.5, 0.6) is 0 Å². The van der Waals surface area contributed by atoms with Crippen LogP contribution in [-0.4, -0.2) is 25.7 Å². The highest BCUT2D eigenvalue weighted by Gasteiger charge is 2.16. The minimum absolute atomic E-state index is 0.180. The van der Waals surface area contributed by atoms with Gasteiger partial charge in [0, 0.05) is 29.4 Å². The van der Waals surface area contributed by atoms with Crippen molar-refractivity contribution in [1.82, 2.24) is 19.8 Å². The molecular weight excluding hydrogens is 392 g/mol. The smallest absolute Gasteiger partial charge is 0.231 e. The maximum absolute atomic E-state index is 12.5. The number of nitriles is 1. The number of aromatic nitrogens is 4. The lowest BCUT2D eigenvalue weighted by Gasteiger charge is -2.10. The van der Waals surface area contributed by atoms with Gasteiger partial charge in [0.25, 0.3) is 0 Å². The fraction of sp³-hybridized carbons (Fsp3) is 0.261. The molecule has 0 aliphatic carbocycles. The first-order chi connectivity index (χ1) is 15.0. The van der Waals surface area contributed by atoms with Gasteiger partial charge >= 0.3 is 0 Å². The summed E-state index contributed by atoms with van der Waals surface area (Å²) < 4.78 is 6.92. The summed E-state index contributed by atoms with van der Waals surface area (Å²) in [6.45, 7) is 5.89. The number of aryl methyl sites for hydroxylation is 3. The lowest BCUT2D eigenvalue weighted by atomic mass is 10.1. The molecule has 0 saturated heterocycles. The van der Waals surface area contributed by atoms with Gasteiger partial charge in [-0.05, 0) is 37.8 Å². The Hall–Kier alpha value is -3.99. The Balaban J connectivity index is 1.43. The van der Waals surface area contributed by atoms with Gasteiger partial charge in [0.2, 0.25) is 11.8 Å². The average molecular weight is 414 g/mol. The third-order valence-corrected chi connectivity index (χ3v) is 5.36. The summed E-state index contributed by atoms with van der Waals surface area (Å²) in [5.74, 6) is 0.133. The summed E-state index contributed by atoms with van der Waals surface area (Å²) in [6.07, 6.45) is 3.22. The number of amides is 1. The number of anilines is 1. The quantitative estimate of drug-likeness (QED) is 0.511. The first kappa shape index (κ1) is 20.3. The normalized spacial score (nSPS) is 10.9. The third-order valence-electron chi connectivity index (χ3n) is 5.36. The zero-order chi connectivity index (χ0) is 22.0. The number of rotatable bonds is 6. The first-order valence-corrected chi connectivity index (χ1v) is 10.1. The number of carbonyl (C=O) groups excluding carboxylic acids is 1. The lowest BCUT2D eigenvalue weighted by Crippen LogP contribution is -2.14. The molecule has 0 radical (unpaired) electrons. The van der Waals surface area contributed by atoms with Gasteiger partial charge < -0.3 is 4.52 Å². The highest BCUT2D eigenvalue weighted by atomic mass is 16.5. The van der Waals surface area contributed by atoms with Crippen LogP contribution in [0, 0.1) is 25.2 Å². The van der Waals surface area contributed by atoms with Crippen LogP contribution in [0.1, 0.15) is 41.4 Å². The minimum Gasteiger partial charge on any atom is -0.338 e. The predicted octanol–water partition coefficient (Wildman–Crippen LogP) is 4.01. The molecule has 0 saturated carbocycles. The van der Waals surface area contributed by atoms with E-state index in [-0.39, 0.29) is 12.3 Å². The Kier molecular flexibility index (Phi) is 5.50. The molecule has 31 heavy (non-hydrogen) atoms. The largest absolute Gasteiger partial charge is 0.338 e. The second kappa shape index (κ2) is 8.40. The van der Waals surface area contributed by atoms with E-state index in [1.165, 1.54) is 11.8 Å². The maximum atomic E-state index is 12.5. The van der Waals surface area contributed by atoms with Crippen molar-refractivity contribution in [2.24, 2.45) is 0 Å². The molecule has 8 heteroatoms. The molecule has 4 rings (SSSR count). The highest BCUT2D eigenvalue weighted by Crippen LogP contribution is 2.23. The number of carbonyl (C=O) groups is 1. The molecule has 0 bridgehead atoms. The zero-order valence-electron chi connectivity index (χ0n) is 17.6. The Morgan fingerprint density at radius 2 is 2.03 bits per heavy atom. The molecule has 156 valence electrons. The number of nitrogens with one attached hydrogen (secondary N) is 1. The Bertz CT molecular complexity index is 1290. The second-order valence-corrected chi connectivity index (χ2v) is 7.34. The van der Waals surface area contributed by atoms with Crippen LogP contribution in [0.3, 0.4) is 0 Å². The van der Waals surface area contributed by atoms with Crippen molar-refractivity contribution in [3.63, 3.8) is 0 Å². The molecule has 0 unspecified atom stereocenters. The Labute approximate surface area is 179 Å². The van der Waals surface area contributed by atoms with Gasteiger partial charge in [-0.3, -0.25) is 10.1 Å². The molecule has 0 fully saturated rings. The Morgan fingerprint density at radius 3 is 2.74 bits per heavy atom. The summed E-state index contributed by atoms with van der Waals surface area (Å²) in [5.41, 5.74) is 6.41. The predicted molar refractivity (Wildman–Crippen MR) is 115 cm³/mol. The molecule has 4 aromatic rings.